The first-order valence-electron chi connectivity index (χ1n) is 13.3. The zero-order valence-corrected chi connectivity index (χ0v) is 21.3. The number of fused-ring (bicyclic) bond motifs is 7. The molecule has 0 spiro atoms. The van der Waals surface area contributed by atoms with Crippen LogP contribution in [0.3, 0.4) is 0 Å². The van der Waals surface area contributed by atoms with Crippen LogP contribution in [0.1, 0.15) is 99.3 Å². The monoisotopic (exact) mass is 442 g/mol. The zero-order chi connectivity index (χ0) is 23.5. The predicted molar refractivity (Wildman–Crippen MR) is 128 cm³/mol. The molecule has 0 amide bonds. The number of carbonyl (C=O) groups is 1. The van der Waals surface area contributed by atoms with E-state index in [1.807, 2.05) is 0 Å². The van der Waals surface area contributed by atoms with Gasteiger partial charge in [0.2, 0.25) is 0 Å². The van der Waals surface area contributed by atoms with Gasteiger partial charge in [-0.05, 0) is 116 Å². The van der Waals surface area contributed by atoms with Crippen LogP contribution < -0.4 is 0 Å². The number of hydrogen-bond donors (Lipinski definition) is 2. The number of hydrogen-bond acceptors (Lipinski definition) is 2. The van der Waals surface area contributed by atoms with Crippen LogP contribution in [-0.2, 0) is 4.79 Å². The highest BCUT2D eigenvalue weighted by atomic mass is 16.4. The Hall–Kier alpha value is -0.830. The highest BCUT2D eigenvalue weighted by molar-refractivity contribution is 5.76. The van der Waals surface area contributed by atoms with Crippen LogP contribution in [0.2, 0.25) is 0 Å². The Balaban J connectivity index is 1.58. The molecule has 3 nitrogen and oxygen atoms in total. The van der Waals surface area contributed by atoms with E-state index in [0.717, 1.165) is 38.5 Å². The van der Waals surface area contributed by atoms with Gasteiger partial charge in [-0.25, -0.2) is 0 Å². The third-order valence-corrected chi connectivity index (χ3v) is 13.1. The summed E-state index contributed by atoms with van der Waals surface area (Å²) in [6.07, 6.45) is 9.21. The van der Waals surface area contributed by atoms with E-state index >= 15 is 0 Å². The summed E-state index contributed by atoms with van der Waals surface area (Å²) in [5.74, 6) is 1.72. The largest absolute Gasteiger partial charge is 0.481 e. The molecule has 5 fully saturated rings. The summed E-state index contributed by atoms with van der Waals surface area (Å²) < 4.78 is 0. The third-order valence-electron chi connectivity index (χ3n) is 13.1. The molecule has 0 aromatic heterocycles. The van der Waals surface area contributed by atoms with Crippen molar-refractivity contribution in [3.63, 3.8) is 0 Å². The van der Waals surface area contributed by atoms with Gasteiger partial charge in [-0.1, -0.05) is 46.8 Å². The van der Waals surface area contributed by atoms with Gasteiger partial charge in [0.25, 0.3) is 0 Å². The molecular weight excluding hydrogens is 396 g/mol. The third kappa shape index (κ3) is 2.45. The van der Waals surface area contributed by atoms with E-state index in [9.17, 15) is 15.0 Å². The van der Waals surface area contributed by atoms with Crippen LogP contribution in [0.4, 0.5) is 0 Å². The van der Waals surface area contributed by atoms with Gasteiger partial charge in [-0.3, -0.25) is 4.79 Å². The van der Waals surface area contributed by atoms with E-state index in [-0.39, 0.29) is 33.7 Å². The molecule has 10 atom stereocenters. The second kappa shape index (κ2) is 6.64. The number of aliphatic hydroxyl groups is 1. The predicted octanol–water partition coefficient (Wildman–Crippen LogP) is 6.70. The Bertz CT molecular complexity index is 845. The number of carboxylic acids is 1. The molecule has 5 saturated carbocycles. The van der Waals surface area contributed by atoms with Crippen LogP contribution in [0, 0.1) is 56.7 Å². The van der Waals surface area contributed by atoms with Gasteiger partial charge in [-0.15, -0.1) is 0 Å². The highest BCUT2D eigenvalue weighted by Crippen LogP contribution is 2.78. The van der Waals surface area contributed by atoms with Crippen molar-refractivity contribution in [2.24, 2.45) is 56.7 Å². The first-order chi connectivity index (χ1) is 14.8. The molecule has 5 rings (SSSR count). The Labute approximate surface area is 195 Å². The minimum atomic E-state index is -0.545. The van der Waals surface area contributed by atoms with Crippen molar-refractivity contribution >= 4 is 5.97 Å². The summed E-state index contributed by atoms with van der Waals surface area (Å²) in [5.41, 5.74) is 1.23. The lowest BCUT2D eigenvalue weighted by molar-refractivity contribution is -0.221. The summed E-state index contributed by atoms with van der Waals surface area (Å²) in [6, 6.07) is 0. The molecule has 3 heteroatoms. The van der Waals surface area contributed by atoms with E-state index in [2.05, 4.69) is 48.1 Å². The fourth-order valence-corrected chi connectivity index (χ4v) is 11.3. The van der Waals surface area contributed by atoms with Crippen LogP contribution in [-0.4, -0.2) is 22.3 Å². The van der Waals surface area contributed by atoms with Gasteiger partial charge in [0.1, 0.15) is 0 Å². The average Bonchev–Trinajstić information content (AvgIpc) is 3.17. The van der Waals surface area contributed by atoms with Crippen LogP contribution in [0.15, 0.2) is 12.2 Å². The van der Waals surface area contributed by atoms with Gasteiger partial charge in [0, 0.05) is 0 Å². The molecule has 0 bridgehead atoms. The Morgan fingerprint density at radius 1 is 0.875 bits per heavy atom. The molecule has 0 aliphatic heterocycles. The molecule has 5 aliphatic carbocycles. The summed E-state index contributed by atoms with van der Waals surface area (Å²) in [7, 11) is 0. The molecule has 180 valence electrons. The maximum absolute atomic E-state index is 12.7. The lowest BCUT2D eigenvalue weighted by Crippen LogP contribution is -2.64. The normalized spacial score (nSPS) is 56.0. The quantitative estimate of drug-likeness (QED) is 0.468. The first-order valence-corrected chi connectivity index (χ1v) is 13.3. The Kier molecular flexibility index (Phi) is 4.76. The van der Waals surface area contributed by atoms with Crippen LogP contribution in [0.5, 0.6) is 0 Å². The summed E-state index contributed by atoms with van der Waals surface area (Å²) in [5, 5.41) is 21.5. The minimum Gasteiger partial charge on any atom is -0.481 e. The molecule has 0 radical (unpaired) electrons. The van der Waals surface area contributed by atoms with E-state index in [4.69, 9.17) is 0 Å². The van der Waals surface area contributed by atoms with Crippen molar-refractivity contribution in [1.82, 2.24) is 0 Å². The molecule has 32 heavy (non-hydrogen) atoms. The first kappa shape index (κ1) is 22.9. The van der Waals surface area contributed by atoms with E-state index in [0.29, 0.717) is 23.7 Å². The average molecular weight is 443 g/mol. The molecule has 1 unspecified atom stereocenters. The van der Waals surface area contributed by atoms with Gasteiger partial charge in [-0.2, -0.15) is 0 Å². The topological polar surface area (TPSA) is 57.5 Å². The minimum absolute atomic E-state index is 0.00460. The fraction of sp³-hybridized carbons (Fsp3) is 0.897. The number of carboxylic acid groups (broad SMARTS) is 1. The lowest BCUT2D eigenvalue weighted by Gasteiger charge is -2.70. The number of allylic oxidation sites excluding steroid dienone is 1. The van der Waals surface area contributed by atoms with Gasteiger partial charge >= 0.3 is 5.97 Å². The lowest BCUT2D eigenvalue weighted by atomic mass is 9.34. The molecule has 0 aromatic carbocycles. The van der Waals surface area contributed by atoms with E-state index < -0.39 is 11.4 Å². The van der Waals surface area contributed by atoms with Crippen molar-refractivity contribution in [2.75, 3.05) is 0 Å². The van der Waals surface area contributed by atoms with Gasteiger partial charge in [0.15, 0.2) is 0 Å². The molecular formula is C29H46O3. The second-order valence-electron chi connectivity index (χ2n) is 14.2. The smallest absolute Gasteiger partial charge is 0.309 e. The number of aliphatic carboxylic acids is 1. The van der Waals surface area contributed by atoms with Crippen molar-refractivity contribution < 1.29 is 15.0 Å². The van der Waals surface area contributed by atoms with Crippen LogP contribution >= 0.6 is 0 Å². The van der Waals surface area contributed by atoms with Crippen molar-refractivity contribution in [2.45, 2.75) is 105 Å². The SMILES string of the molecule is C=C(C)[C@@H]1CC[C@]2(C(=O)O)CC[C@]3(C)[C@H](CC[C@@H]4[C@@]5(C)C[C@@H](O)C(C)(C)C5CC[C@]43C)[C@@H]12. The number of aliphatic hydroxyl groups excluding tert-OH is 1. The molecule has 0 heterocycles. The van der Waals surface area contributed by atoms with Crippen molar-refractivity contribution in [3.8, 4) is 0 Å². The van der Waals surface area contributed by atoms with E-state index in [1.54, 1.807) is 0 Å². The standard InChI is InChI=1S/C29H46O3/c1-17(2)18-10-13-29(24(31)32)15-14-27(6)19(23(18)29)8-9-21-26(5)16-22(30)25(3,4)20(26)11-12-28(21,27)7/h18-23,30H,1,8-16H2,2-7H3,(H,31,32)/t18-,19+,20?,21+,22+,23+,26-,27+,28+,29-/m0/s1. The summed E-state index contributed by atoms with van der Waals surface area (Å²) >= 11 is 0. The summed E-state index contributed by atoms with van der Waals surface area (Å²) in [4.78, 5) is 12.7. The van der Waals surface area contributed by atoms with Crippen LogP contribution in [0.25, 0.3) is 0 Å². The van der Waals surface area contributed by atoms with Gasteiger partial charge in [0.05, 0.1) is 11.5 Å². The second-order valence-corrected chi connectivity index (χ2v) is 14.2. The Morgan fingerprint density at radius 2 is 1.56 bits per heavy atom. The zero-order valence-electron chi connectivity index (χ0n) is 21.3. The molecule has 2 N–H and O–H groups in total. The molecule has 0 aromatic rings. The fourth-order valence-electron chi connectivity index (χ4n) is 11.3. The van der Waals surface area contributed by atoms with Crippen molar-refractivity contribution in [1.29, 1.82) is 0 Å². The summed E-state index contributed by atoms with van der Waals surface area (Å²) in [6.45, 7) is 18.7. The molecule has 0 saturated heterocycles. The van der Waals surface area contributed by atoms with E-state index in [1.165, 1.54) is 24.8 Å². The maximum atomic E-state index is 12.7. The molecule has 5 aliphatic rings. The highest BCUT2D eigenvalue weighted by Gasteiger charge is 2.72. The van der Waals surface area contributed by atoms with Gasteiger partial charge < -0.3 is 10.2 Å². The maximum Gasteiger partial charge on any atom is 0.309 e. The van der Waals surface area contributed by atoms with Crippen molar-refractivity contribution in [3.05, 3.63) is 12.2 Å². The Morgan fingerprint density at radius 3 is 2.19 bits per heavy atom. The number of rotatable bonds is 2.